The smallest absolute Gasteiger partial charge is 0.384 e. The lowest BCUT2D eigenvalue weighted by Crippen LogP contribution is -2.42. The fraction of sp³-hybridized carbons (Fsp3) is 0.259. The number of nitrogen functional groups attached to an aromatic ring is 1. The number of nitrogens with zero attached hydrogens (tertiary/aromatic N) is 5. The molecule has 208 valence electrons. The van der Waals surface area contributed by atoms with Gasteiger partial charge < -0.3 is 21.7 Å². The highest BCUT2D eigenvalue weighted by molar-refractivity contribution is 6.04. The first-order valence-corrected chi connectivity index (χ1v) is 12.6. The van der Waals surface area contributed by atoms with E-state index in [1.807, 2.05) is 6.92 Å². The molecule has 13 heteroatoms. The third-order valence-corrected chi connectivity index (χ3v) is 6.50. The lowest BCUT2D eigenvalue weighted by atomic mass is 10.0. The molecule has 0 radical (unpaired) electrons. The minimum absolute atomic E-state index is 0.0630. The number of imidazole rings is 1. The Labute approximate surface area is 228 Å². The number of piperazine rings is 1. The van der Waals surface area contributed by atoms with Crippen LogP contribution in [0.4, 0.5) is 36.3 Å². The van der Waals surface area contributed by atoms with Gasteiger partial charge in [0.1, 0.15) is 18.0 Å². The van der Waals surface area contributed by atoms with Crippen molar-refractivity contribution in [2.45, 2.75) is 19.6 Å². The third kappa shape index (κ3) is 6.38. The summed E-state index contributed by atoms with van der Waals surface area (Å²) in [5, 5.41) is 9.17. The van der Waals surface area contributed by atoms with Crippen LogP contribution in [0, 0.1) is 6.92 Å². The van der Waals surface area contributed by atoms with Crippen LogP contribution in [-0.2, 0) is 12.7 Å². The Hall–Kier alpha value is -4.49. The molecule has 10 nitrogen and oxygen atoms in total. The van der Waals surface area contributed by atoms with E-state index in [0.717, 1.165) is 43.9 Å². The molecule has 0 unspecified atom stereocenters. The molecular formula is C27H28F3N9O. The predicted molar refractivity (Wildman–Crippen MR) is 146 cm³/mol. The summed E-state index contributed by atoms with van der Waals surface area (Å²) in [5.74, 6) is 0.618. The molecule has 0 saturated carbocycles. The zero-order valence-electron chi connectivity index (χ0n) is 21.7. The molecule has 2 aromatic carbocycles. The average Bonchev–Trinajstić information content (AvgIpc) is 3.39. The van der Waals surface area contributed by atoms with Gasteiger partial charge in [-0.2, -0.15) is 13.2 Å². The van der Waals surface area contributed by atoms with Crippen molar-refractivity contribution < 1.29 is 18.0 Å². The molecule has 1 amide bonds. The van der Waals surface area contributed by atoms with Crippen LogP contribution >= 0.6 is 0 Å². The molecule has 1 saturated heterocycles. The average molecular weight is 552 g/mol. The van der Waals surface area contributed by atoms with Crippen molar-refractivity contribution in [1.29, 1.82) is 0 Å². The summed E-state index contributed by atoms with van der Waals surface area (Å²) in [6.07, 6.45) is 0.0639. The van der Waals surface area contributed by atoms with Crippen LogP contribution in [-0.4, -0.2) is 56.5 Å². The van der Waals surface area contributed by atoms with Crippen molar-refractivity contribution in [3.8, 4) is 5.82 Å². The van der Waals surface area contributed by atoms with Crippen molar-refractivity contribution >= 4 is 29.0 Å². The minimum Gasteiger partial charge on any atom is -0.384 e. The fourth-order valence-electron chi connectivity index (χ4n) is 4.44. The van der Waals surface area contributed by atoms with Crippen LogP contribution in [0.25, 0.3) is 5.82 Å². The molecule has 1 fully saturated rings. The number of nitrogens with two attached hydrogens (primary N) is 1. The number of alkyl halides is 3. The van der Waals surface area contributed by atoms with Gasteiger partial charge in [0.25, 0.3) is 5.91 Å². The predicted octanol–water partition coefficient (Wildman–Crippen LogP) is 3.97. The summed E-state index contributed by atoms with van der Waals surface area (Å²) in [6.45, 7) is 5.18. The third-order valence-electron chi connectivity index (χ3n) is 6.50. The highest BCUT2D eigenvalue weighted by atomic mass is 19.4. The Morgan fingerprint density at radius 1 is 1.07 bits per heavy atom. The Balaban J connectivity index is 1.37. The summed E-state index contributed by atoms with van der Waals surface area (Å²) >= 11 is 0. The van der Waals surface area contributed by atoms with Gasteiger partial charge in [-0.3, -0.25) is 14.3 Å². The van der Waals surface area contributed by atoms with E-state index in [4.69, 9.17) is 5.73 Å². The number of aromatic nitrogens is 4. The van der Waals surface area contributed by atoms with Gasteiger partial charge in [0, 0.05) is 68.1 Å². The molecule has 4 aromatic rings. The first kappa shape index (κ1) is 27.1. The first-order valence-electron chi connectivity index (χ1n) is 12.6. The number of anilines is 4. The van der Waals surface area contributed by atoms with Crippen molar-refractivity contribution in [3.05, 3.63) is 83.4 Å². The van der Waals surface area contributed by atoms with Crippen molar-refractivity contribution in [2.24, 2.45) is 0 Å². The van der Waals surface area contributed by atoms with Crippen LogP contribution in [0.15, 0.2) is 61.2 Å². The molecule has 40 heavy (non-hydrogen) atoms. The van der Waals surface area contributed by atoms with Crippen molar-refractivity contribution in [3.63, 3.8) is 0 Å². The standard InChI is InChI=1S/C27H28F3N9O/c1-17-2-3-21(13-22(17)37-26-33-6-9-39(26)24-14-23(31)34-16-35-24)36-25(40)19-10-18(11-20(12-19)27(28,29)30)15-38-7-4-32-5-8-38/h2-3,6,9-14,16,32H,4-5,7-8,15H2,1H3,(H,33,37)(H,36,40)(H2,31,34,35). The van der Waals surface area contributed by atoms with Gasteiger partial charge in [0.05, 0.1) is 5.56 Å². The van der Waals surface area contributed by atoms with Gasteiger partial charge in [-0.25, -0.2) is 15.0 Å². The molecule has 0 aliphatic carbocycles. The number of nitrogens with one attached hydrogen (secondary N) is 3. The molecule has 3 heterocycles. The summed E-state index contributed by atoms with van der Waals surface area (Å²) in [4.78, 5) is 27.7. The number of halogens is 3. The summed E-state index contributed by atoms with van der Waals surface area (Å²) in [7, 11) is 0. The van der Waals surface area contributed by atoms with Crippen LogP contribution < -0.4 is 21.7 Å². The maximum atomic E-state index is 13.7. The Morgan fingerprint density at radius 3 is 2.62 bits per heavy atom. The molecular weight excluding hydrogens is 523 g/mol. The number of amides is 1. The normalized spacial score (nSPS) is 14.2. The molecule has 0 atom stereocenters. The summed E-state index contributed by atoms with van der Waals surface area (Å²) in [5.41, 5.74) is 7.20. The fourth-order valence-corrected chi connectivity index (χ4v) is 4.44. The van der Waals surface area contributed by atoms with E-state index in [2.05, 4.69) is 35.8 Å². The van der Waals surface area contributed by atoms with E-state index in [0.29, 0.717) is 41.1 Å². The largest absolute Gasteiger partial charge is 0.416 e. The number of rotatable bonds is 7. The second-order valence-electron chi connectivity index (χ2n) is 9.47. The molecule has 0 bridgehead atoms. The topological polar surface area (TPSA) is 126 Å². The van der Waals surface area contributed by atoms with Gasteiger partial charge in [-0.05, 0) is 48.4 Å². The van der Waals surface area contributed by atoms with Gasteiger partial charge >= 0.3 is 6.18 Å². The zero-order chi connectivity index (χ0) is 28.3. The molecule has 2 aromatic heterocycles. The Kier molecular flexibility index (Phi) is 7.67. The van der Waals surface area contributed by atoms with E-state index >= 15 is 0 Å². The molecule has 5 N–H and O–H groups in total. The van der Waals surface area contributed by atoms with Gasteiger partial charge in [-0.15, -0.1) is 0 Å². The van der Waals surface area contributed by atoms with E-state index in [1.54, 1.807) is 41.2 Å². The van der Waals surface area contributed by atoms with Crippen LogP contribution in [0.1, 0.15) is 27.0 Å². The quantitative estimate of drug-likeness (QED) is 0.272. The number of benzene rings is 2. The number of carbonyl (C=O) groups excluding carboxylic acids is 1. The lowest BCUT2D eigenvalue weighted by molar-refractivity contribution is -0.137. The van der Waals surface area contributed by atoms with E-state index in [9.17, 15) is 18.0 Å². The maximum Gasteiger partial charge on any atom is 0.416 e. The highest BCUT2D eigenvalue weighted by Gasteiger charge is 2.32. The van der Waals surface area contributed by atoms with Crippen molar-refractivity contribution in [2.75, 3.05) is 42.5 Å². The molecule has 1 aliphatic rings. The van der Waals surface area contributed by atoms with Gasteiger partial charge in [-0.1, -0.05) is 6.07 Å². The van der Waals surface area contributed by atoms with Crippen LogP contribution in [0.5, 0.6) is 0 Å². The Morgan fingerprint density at radius 2 is 1.88 bits per heavy atom. The van der Waals surface area contributed by atoms with Crippen LogP contribution in [0.2, 0.25) is 0 Å². The summed E-state index contributed by atoms with van der Waals surface area (Å²) in [6, 6.07) is 10.3. The maximum absolute atomic E-state index is 13.7. The van der Waals surface area contributed by atoms with Crippen LogP contribution in [0.3, 0.4) is 0 Å². The second-order valence-corrected chi connectivity index (χ2v) is 9.47. The second kappa shape index (κ2) is 11.3. The number of carbonyl (C=O) groups is 1. The number of hydrogen-bond acceptors (Lipinski definition) is 8. The number of hydrogen-bond donors (Lipinski definition) is 4. The molecule has 1 aliphatic heterocycles. The first-order chi connectivity index (χ1) is 19.2. The number of aryl methyl sites for hydroxylation is 1. The van der Waals surface area contributed by atoms with Crippen molar-refractivity contribution in [1.82, 2.24) is 29.7 Å². The molecule has 5 rings (SSSR count). The molecule has 0 spiro atoms. The van der Waals surface area contributed by atoms with Gasteiger partial charge in [0.2, 0.25) is 5.95 Å². The Bertz CT molecular complexity index is 1510. The van der Waals surface area contributed by atoms with E-state index in [1.165, 1.54) is 12.4 Å². The summed E-state index contributed by atoms with van der Waals surface area (Å²) < 4.78 is 42.7. The zero-order valence-corrected chi connectivity index (χ0v) is 21.7. The van der Waals surface area contributed by atoms with E-state index in [-0.39, 0.29) is 5.56 Å². The SMILES string of the molecule is Cc1ccc(NC(=O)c2cc(CN3CCNCC3)cc(C(F)(F)F)c2)cc1Nc1nccn1-c1cc(N)ncn1. The van der Waals surface area contributed by atoms with Gasteiger partial charge in [0.15, 0.2) is 0 Å². The lowest BCUT2D eigenvalue weighted by Gasteiger charge is -2.27. The van der Waals surface area contributed by atoms with E-state index < -0.39 is 17.6 Å². The monoisotopic (exact) mass is 551 g/mol. The minimum atomic E-state index is -4.58. The highest BCUT2D eigenvalue weighted by Crippen LogP contribution is 2.32.